The summed E-state index contributed by atoms with van der Waals surface area (Å²) in [6.07, 6.45) is 4.76. The van der Waals surface area contributed by atoms with Gasteiger partial charge < -0.3 is 49.7 Å². The lowest BCUT2D eigenvalue weighted by Crippen LogP contribution is -2.51. The van der Waals surface area contributed by atoms with E-state index in [1.165, 1.54) is 7.11 Å². The number of aromatic nitrogens is 4. The van der Waals surface area contributed by atoms with Crippen LogP contribution in [-0.2, 0) is 14.3 Å². The van der Waals surface area contributed by atoms with Crippen LogP contribution in [0.2, 0.25) is 0 Å². The fourth-order valence-electron chi connectivity index (χ4n) is 8.64. The lowest BCUT2D eigenvalue weighted by atomic mass is 9.87. The van der Waals surface area contributed by atoms with Gasteiger partial charge in [0, 0.05) is 35.3 Å². The number of ether oxygens (including phenoxy) is 3. The molecule has 0 saturated carbocycles. The molecule has 0 spiro atoms. The quantitative estimate of drug-likeness (QED) is 0.125. The van der Waals surface area contributed by atoms with Crippen LogP contribution in [0.15, 0.2) is 42.7 Å². The Morgan fingerprint density at radius 2 is 1.39 bits per heavy atom. The van der Waals surface area contributed by atoms with Crippen molar-refractivity contribution < 1.29 is 38.5 Å². The number of hydrogen-bond acceptors (Lipinski definition) is 9. The molecule has 2 fully saturated rings. The summed E-state index contributed by atoms with van der Waals surface area (Å²) in [4.78, 5) is 70.4. The van der Waals surface area contributed by atoms with Crippen LogP contribution in [0.3, 0.4) is 0 Å². The third-order valence-electron chi connectivity index (χ3n) is 11.6. The van der Waals surface area contributed by atoms with Crippen molar-refractivity contribution in [2.45, 2.75) is 83.5 Å². The molecule has 4 amide bonds. The molecule has 4 aromatic rings. The molecular weight excluding hydrogens is 732 g/mol. The number of carboxylic acid groups (broad SMARTS) is 1. The number of nitrogens with zero attached hydrogens (tertiary/aromatic N) is 4. The van der Waals surface area contributed by atoms with Crippen LogP contribution in [0.25, 0.3) is 22.5 Å². The van der Waals surface area contributed by atoms with Gasteiger partial charge in [0.05, 0.1) is 55.5 Å². The molecule has 16 nitrogen and oxygen atoms in total. The van der Waals surface area contributed by atoms with E-state index in [9.17, 15) is 24.3 Å². The number of nitrogens with one attached hydrogen (secondary N) is 4. The lowest BCUT2D eigenvalue weighted by molar-refractivity contribution is -0.136. The molecule has 5 atom stereocenters. The number of imidazole rings is 2. The van der Waals surface area contributed by atoms with Crippen molar-refractivity contribution in [3.63, 3.8) is 0 Å². The number of carbonyl (C=O) groups is 4. The number of alkyl carbamates (subject to hydrolysis) is 1. The first-order valence-electron chi connectivity index (χ1n) is 19.6. The third-order valence-corrected chi connectivity index (χ3v) is 11.6. The van der Waals surface area contributed by atoms with Crippen LogP contribution in [0, 0.1) is 11.8 Å². The van der Waals surface area contributed by atoms with Gasteiger partial charge in [-0.25, -0.2) is 19.6 Å². The minimum atomic E-state index is -1.22. The van der Waals surface area contributed by atoms with E-state index in [0.717, 1.165) is 70.8 Å². The van der Waals surface area contributed by atoms with Gasteiger partial charge in [0.15, 0.2) is 0 Å². The Bertz CT molecular complexity index is 2210. The number of fused-ring (bicyclic) bond motifs is 2. The molecule has 2 aromatic carbocycles. The molecule has 5 N–H and O–H groups in total. The highest BCUT2D eigenvalue weighted by Gasteiger charge is 2.40. The van der Waals surface area contributed by atoms with Crippen LogP contribution in [0.4, 0.5) is 9.59 Å². The maximum atomic E-state index is 13.7. The van der Waals surface area contributed by atoms with Gasteiger partial charge in [0.25, 0.3) is 0 Å². The smallest absolute Gasteiger partial charge is 0.407 e. The van der Waals surface area contributed by atoms with Gasteiger partial charge in [-0.1, -0.05) is 27.7 Å². The molecular formula is C41H48N8O8. The zero-order chi connectivity index (χ0) is 40.1. The Balaban J connectivity index is 0.998. The summed E-state index contributed by atoms with van der Waals surface area (Å²) in [5.74, 6) is 2.72. The summed E-state index contributed by atoms with van der Waals surface area (Å²) in [5, 5.41) is 14.4. The van der Waals surface area contributed by atoms with Gasteiger partial charge in [-0.05, 0) is 67.9 Å². The zero-order valence-corrected chi connectivity index (χ0v) is 32.6. The average molecular weight is 781 g/mol. The Morgan fingerprint density at radius 3 is 1.96 bits per heavy atom. The van der Waals surface area contributed by atoms with Gasteiger partial charge in [-0.15, -0.1) is 0 Å². The number of carbonyl (C=O) groups excluding carboxylic acids is 3. The zero-order valence-electron chi connectivity index (χ0n) is 32.6. The van der Waals surface area contributed by atoms with Crippen LogP contribution >= 0.6 is 0 Å². The predicted molar refractivity (Wildman–Crippen MR) is 207 cm³/mol. The van der Waals surface area contributed by atoms with E-state index < -0.39 is 24.3 Å². The molecule has 6 heterocycles. The number of methoxy groups -OCH3 is 1. The van der Waals surface area contributed by atoms with Crippen molar-refractivity contribution >= 4 is 24.0 Å². The summed E-state index contributed by atoms with van der Waals surface area (Å²) in [7, 11) is 1.28. The van der Waals surface area contributed by atoms with Gasteiger partial charge in [0.1, 0.15) is 41.0 Å². The Morgan fingerprint density at radius 1 is 0.807 bits per heavy atom. The van der Waals surface area contributed by atoms with E-state index in [0.29, 0.717) is 37.1 Å². The highest BCUT2D eigenvalue weighted by molar-refractivity contribution is 5.87. The van der Waals surface area contributed by atoms with Crippen LogP contribution in [0.1, 0.15) is 94.2 Å². The van der Waals surface area contributed by atoms with Crippen molar-refractivity contribution in [2.24, 2.45) is 11.8 Å². The second kappa shape index (κ2) is 15.1. The second-order valence-electron chi connectivity index (χ2n) is 15.9. The maximum Gasteiger partial charge on any atom is 0.407 e. The van der Waals surface area contributed by atoms with Gasteiger partial charge in [-0.3, -0.25) is 9.59 Å². The molecule has 0 aliphatic carbocycles. The van der Waals surface area contributed by atoms with Crippen LogP contribution < -0.4 is 20.1 Å². The minimum Gasteiger partial charge on any atom is -0.492 e. The summed E-state index contributed by atoms with van der Waals surface area (Å²) in [5.41, 5.74) is 5.30. The molecule has 1 unspecified atom stereocenters. The van der Waals surface area contributed by atoms with Crippen molar-refractivity contribution in [1.29, 1.82) is 0 Å². The first-order chi connectivity index (χ1) is 27.4. The fourth-order valence-corrected chi connectivity index (χ4v) is 8.64. The molecule has 8 rings (SSSR count). The Kier molecular flexibility index (Phi) is 10.0. The Hall–Kier alpha value is -6.06. The summed E-state index contributed by atoms with van der Waals surface area (Å²) >= 11 is 0. The topological polar surface area (TPSA) is 204 Å². The summed E-state index contributed by atoms with van der Waals surface area (Å²) < 4.78 is 17.6. The van der Waals surface area contributed by atoms with Crippen molar-refractivity contribution in [2.75, 3.05) is 26.8 Å². The van der Waals surface area contributed by atoms with E-state index >= 15 is 0 Å². The molecule has 57 heavy (non-hydrogen) atoms. The first-order valence-corrected chi connectivity index (χ1v) is 19.6. The second-order valence-corrected chi connectivity index (χ2v) is 15.9. The third kappa shape index (κ3) is 7.01. The standard InChI is InChI=1S/C41H48N8O8/c1-20(2)34(46-40(52)53)38(50)48-12-6-8-28(48)36-42-17-26(44-36)22-10-11-30-24(14-22)25-19-56-31-15-23(16-32(57-30)33(25)31)27-18-43-37(45-27)29-9-7-13-49(29)39(51)35(21(3)4)47-41(54)55-5/h10-11,14-18,20-21,25,28-29,34-35,46H,6-9,12-13,19H2,1-5H3,(H,42,44)(H,43,45)(H,47,54)(H,52,53)/t25?,28-,29-,34-,35-/m0/s1. The molecule has 4 aliphatic heterocycles. The van der Waals surface area contributed by atoms with E-state index in [-0.39, 0.29) is 41.7 Å². The van der Waals surface area contributed by atoms with Crippen molar-refractivity contribution in [1.82, 2.24) is 40.4 Å². The van der Waals surface area contributed by atoms with Gasteiger partial charge >= 0.3 is 12.2 Å². The Labute approximate surface area is 329 Å². The molecule has 0 bridgehead atoms. The first kappa shape index (κ1) is 37.8. The SMILES string of the molecule is COC(=O)N[C@H](C(=O)N1CCC[C@H]1c1ncc(-c2cc3c4c(c2)Oc2ccc(-c5cnc([C@@H]6CCCN6C(=O)[C@@H](NC(=O)O)C(C)C)[nH]5)cc2C4CO3)[nH]1)C(C)C. The summed E-state index contributed by atoms with van der Waals surface area (Å²) in [6.45, 7) is 8.98. The van der Waals surface area contributed by atoms with Crippen LogP contribution in [0.5, 0.6) is 17.2 Å². The number of hydrogen-bond donors (Lipinski definition) is 5. The molecule has 4 aliphatic rings. The summed E-state index contributed by atoms with van der Waals surface area (Å²) in [6, 6.07) is 7.91. The van der Waals surface area contributed by atoms with E-state index in [4.69, 9.17) is 19.2 Å². The number of aromatic amines is 2. The fraction of sp³-hybridized carbons (Fsp3) is 0.463. The van der Waals surface area contributed by atoms with Crippen LogP contribution in [-0.4, -0.2) is 97.7 Å². The van der Waals surface area contributed by atoms with E-state index in [1.807, 2.05) is 52.0 Å². The highest BCUT2D eigenvalue weighted by atomic mass is 16.5. The number of amides is 4. The molecule has 2 aromatic heterocycles. The minimum absolute atomic E-state index is 0.0457. The van der Waals surface area contributed by atoms with Crippen molar-refractivity contribution in [3.05, 3.63) is 65.5 Å². The van der Waals surface area contributed by atoms with E-state index in [1.54, 1.807) is 22.2 Å². The van der Waals surface area contributed by atoms with Gasteiger partial charge in [-0.2, -0.15) is 0 Å². The number of likely N-dealkylation sites (tertiary alicyclic amines) is 2. The monoisotopic (exact) mass is 780 g/mol. The lowest BCUT2D eigenvalue weighted by Gasteiger charge is -2.30. The molecule has 16 heteroatoms. The molecule has 2 saturated heterocycles. The van der Waals surface area contributed by atoms with Crippen molar-refractivity contribution in [3.8, 4) is 39.8 Å². The number of benzene rings is 2. The van der Waals surface area contributed by atoms with Gasteiger partial charge in [0.2, 0.25) is 11.8 Å². The highest BCUT2D eigenvalue weighted by Crippen LogP contribution is 2.53. The maximum absolute atomic E-state index is 13.7. The predicted octanol–water partition coefficient (Wildman–Crippen LogP) is 6.10. The number of H-pyrrole nitrogens is 2. The largest absolute Gasteiger partial charge is 0.492 e. The average Bonchev–Trinajstić information content (AvgIpc) is 4.04. The normalized spacial score (nSPS) is 20.4. The number of rotatable bonds is 10. The molecule has 0 radical (unpaired) electrons. The molecule has 300 valence electrons. The van der Waals surface area contributed by atoms with E-state index in [2.05, 4.69) is 31.7 Å².